The molecule has 0 saturated carbocycles. The maximum absolute atomic E-state index is 11.9. The highest BCUT2D eigenvalue weighted by atomic mass is 32.2. The van der Waals surface area contributed by atoms with E-state index in [9.17, 15) is 8.42 Å². The zero-order valence-corrected chi connectivity index (χ0v) is 11.1. The summed E-state index contributed by atoms with van der Waals surface area (Å²) in [6, 6.07) is 8.99. The molecule has 1 aromatic carbocycles. The summed E-state index contributed by atoms with van der Waals surface area (Å²) in [6.07, 6.45) is 0. The number of rotatable bonds is 1. The molecule has 0 bridgehead atoms. The Morgan fingerprint density at radius 2 is 2.17 bits per heavy atom. The summed E-state index contributed by atoms with van der Waals surface area (Å²) in [4.78, 5) is 0. The highest BCUT2D eigenvalue weighted by molar-refractivity contribution is 7.91. The van der Waals surface area contributed by atoms with Crippen LogP contribution in [0.25, 0.3) is 0 Å². The lowest BCUT2D eigenvalue weighted by Gasteiger charge is -2.16. The van der Waals surface area contributed by atoms with Gasteiger partial charge in [0.15, 0.2) is 9.84 Å². The van der Waals surface area contributed by atoms with Gasteiger partial charge in [0.05, 0.1) is 23.1 Å². The molecule has 2 rings (SSSR count). The first-order valence-corrected chi connectivity index (χ1v) is 7.76. The molecule has 1 N–H and O–H groups in total. The third kappa shape index (κ3) is 3.09. The van der Waals surface area contributed by atoms with Gasteiger partial charge in [-0.3, -0.25) is 0 Å². The predicted octanol–water partition coefficient (Wildman–Crippen LogP) is 1.25. The van der Waals surface area contributed by atoms with E-state index in [2.05, 4.69) is 11.4 Å². The van der Waals surface area contributed by atoms with Crippen molar-refractivity contribution in [1.29, 1.82) is 5.26 Å². The molecule has 1 fully saturated rings. The molecule has 1 aromatic rings. The molecular weight excluding hydrogens is 248 g/mol. The van der Waals surface area contributed by atoms with E-state index in [1.165, 1.54) is 0 Å². The van der Waals surface area contributed by atoms with E-state index >= 15 is 0 Å². The number of hydrogen-bond donors (Lipinski definition) is 1. The second-order valence-electron chi connectivity index (χ2n) is 4.88. The summed E-state index contributed by atoms with van der Waals surface area (Å²) < 4.78 is 23.8. The van der Waals surface area contributed by atoms with Gasteiger partial charge in [-0.2, -0.15) is 5.26 Å². The topological polar surface area (TPSA) is 70.0 Å². The Kier molecular flexibility index (Phi) is 3.69. The summed E-state index contributed by atoms with van der Waals surface area (Å²) in [5.74, 6) is 0.458. The lowest BCUT2D eigenvalue weighted by atomic mass is 10.1. The Morgan fingerprint density at radius 1 is 1.39 bits per heavy atom. The molecule has 0 spiro atoms. The molecule has 0 radical (unpaired) electrons. The van der Waals surface area contributed by atoms with Crippen LogP contribution >= 0.6 is 0 Å². The summed E-state index contributed by atoms with van der Waals surface area (Å²) in [5.41, 5.74) is 1.43. The Morgan fingerprint density at radius 3 is 2.89 bits per heavy atom. The molecular formula is C13H16N2O2S. The van der Waals surface area contributed by atoms with Gasteiger partial charge >= 0.3 is 0 Å². The highest BCUT2D eigenvalue weighted by Gasteiger charge is 2.27. The van der Waals surface area contributed by atoms with Gasteiger partial charge in [0.2, 0.25) is 0 Å². The molecule has 1 heterocycles. The molecule has 1 aliphatic heterocycles. The molecule has 96 valence electrons. The molecule has 0 amide bonds. The SMILES string of the molecule is CC1CNC(c2cccc(C#N)c2)CS(=O)(=O)C1. The smallest absolute Gasteiger partial charge is 0.152 e. The predicted molar refractivity (Wildman–Crippen MR) is 69.7 cm³/mol. The number of nitrogens with zero attached hydrogens (tertiary/aromatic N) is 1. The minimum atomic E-state index is -3.03. The molecule has 1 aliphatic rings. The van der Waals surface area contributed by atoms with Crippen molar-refractivity contribution in [2.45, 2.75) is 13.0 Å². The molecule has 5 heteroatoms. The number of nitriles is 1. The molecule has 0 aromatic heterocycles. The maximum Gasteiger partial charge on any atom is 0.152 e. The standard InChI is InChI=1S/C13H16N2O2S/c1-10-7-15-13(9-18(16,17)8-10)12-4-2-3-11(5-12)6-14/h2-5,10,13,15H,7-9H2,1H3. The summed E-state index contributed by atoms with van der Waals surface area (Å²) in [7, 11) is -3.03. The monoisotopic (exact) mass is 264 g/mol. The molecule has 2 atom stereocenters. The molecule has 0 aliphatic carbocycles. The van der Waals surface area contributed by atoms with Gasteiger partial charge < -0.3 is 5.32 Å². The molecule has 1 saturated heterocycles. The zero-order valence-electron chi connectivity index (χ0n) is 10.3. The fraction of sp³-hybridized carbons (Fsp3) is 0.462. The maximum atomic E-state index is 11.9. The van der Waals surface area contributed by atoms with Crippen LogP contribution in [-0.2, 0) is 9.84 Å². The fourth-order valence-electron chi connectivity index (χ4n) is 2.26. The van der Waals surface area contributed by atoms with Crippen LogP contribution in [0, 0.1) is 17.2 Å². The van der Waals surface area contributed by atoms with Crippen LogP contribution in [0.5, 0.6) is 0 Å². The van der Waals surface area contributed by atoms with Crippen molar-refractivity contribution >= 4 is 9.84 Å². The van der Waals surface area contributed by atoms with Gasteiger partial charge in [0, 0.05) is 6.04 Å². The van der Waals surface area contributed by atoms with E-state index in [1.54, 1.807) is 18.2 Å². The van der Waals surface area contributed by atoms with E-state index < -0.39 is 9.84 Å². The lowest BCUT2D eigenvalue weighted by molar-refractivity contribution is 0.517. The number of hydrogen-bond acceptors (Lipinski definition) is 4. The summed E-state index contributed by atoms with van der Waals surface area (Å²) in [6.45, 7) is 2.61. The number of sulfone groups is 1. The lowest BCUT2D eigenvalue weighted by Crippen LogP contribution is -2.26. The second kappa shape index (κ2) is 5.09. The van der Waals surface area contributed by atoms with Crippen molar-refractivity contribution in [3.63, 3.8) is 0 Å². The average Bonchev–Trinajstić information content (AvgIpc) is 2.47. The van der Waals surface area contributed by atoms with Crippen molar-refractivity contribution in [2.24, 2.45) is 5.92 Å². The van der Waals surface area contributed by atoms with E-state index in [1.807, 2.05) is 13.0 Å². The third-order valence-electron chi connectivity index (χ3n) is 3.09. The largest absolute Gasteiger partial charge is 0.309 e. The van der Waals surface area contributed by atoms with Gasteiger partial charge in [-0.05, 0) is 30.2 Å². The zero-order chi connectivity index (χ0) is 13.2. The first-order chi connectivity index (χ1) is 8.50. The van der Waals surface area contributed by atoms with Gasteiger partial charge in [-0.15, -0.1) is 0 Å². The Labute approximate surface area is 108 Å². The van der Waals surface area contributed by atoms with Crippen molar-refractivity contribution in [3.8, 4) is 6.07 Å². The summed E-state index contributed by atoms with van der Waals surface area (Å²) in [5, 5.41) is 12.1. The van der Waals surface area contributed by atoms with Crippen LogP contribution in [0.2, 0.25) is 0 Å². The average molecular weight is 264 g/mol. The minimum Gasteiger partial charge on any atom is -0.309 e. The van der Waals surface area contributed by atoms with Crippen LogP contribution < -0.4 is 5.32 Å². The van der Waals surface area contributed by atoms with Crippen LogP contribution in [0.1, 0.15) is 24.1 Å². The van der Waals surface area contributed by atoms with Crippen molar-refractivity contribution in [1.82, 2.24) is 5.32 Å². The van der Waals surface area contributed by atoms with Crippen LogP contribution in [0.15, 0.2) is 24.3 Å². The van der Waals surface area contributed by atoms with Crippen LogP contribution in [0.3, 0.4) is 0 Å². The summed E-state index contributed by atoms with van der Waals surface area (Å²) >= 11 is 0. The minimum absolute atomic E-state index is 0.103. The van der Waals surface area contributed by atoms with Gasteiger partial charge in [0.1, 0.15) is 0 Å². The Bertz CT molecular complexity index is 575. The highest BCUT2D eigenvalue weighted by Crippen LogP contribution is 2.21. The molecule has 2 unspecified atom stereocenters. The second-order valence-corrected chi connectivity index (χ2v) is 7.03. The Balaban J connectivity index is 2.29. The fourth-order valence-corrected chi connectivity index (χ4v) is 4.19. The quantitative estimate of drug-likeness (QED) is 0.829. The molecule has 4 nitrogen and oxygen atoms in total. The number of benzene rings is 1. The van der Waals surface area contributed by atoms with Crippen LogP contribution in [-0.4, -0.2) is 26.5 Å². The van der Waals surface area contributed by atoms with Gasteiger partial charge in [-0.1, -0.05) is 19.1 Å². The van der Waals surface area contributed by atoms with Gasteiger partial charge in [-0.25, -0.2) is 8.42 Å². The first-order valence-electron chi connectivity index (χ1n) is 5.94. The Hall–Kier alpha value is -1.38. The van der Waals surface area contributed by atoms with Crippen molar-refractivity contribution < 1.29 is 8.42 Å². The van der Waals surface area contributed by atoms with E-state index in [0.29, 0.717) is 12.1 Å². The number of nitrogens with one attached hydrogen (secondary N) is 1. The normalized spacial score (nSPS) is 27.1. The van der Waals surface area contributed by atoms with E-state index in [-0.39, 0.29) is 23.5 Å². The van der Waals surface area contributed by atoms with E-state index in [0.717, 1.165) is 5.56 Å². The third-order valence-corrected chi connectivity index (χ3v) is 5.01. The first kappa shape index (κ1) is 13.1. The van der Waals surface area contributed by atoms with Crippen LogP contribution in [0.4, 0.5) is 0 Å². The molecule has 18 heavy (non-hydrogen) atoms. The van der Waals surface area contributed by atoms with Crippen molar-refractivity contribution in [3.05, 3.63) is 35.4 Å². The van der Waals surface area contributed by atoms with E-state index in [4.69, 9.17) is 5.26 Å². The van der Waals surface area contributed by atoms with Crippen molar-refractivity contribution in [2.75, 3.05) is 18.1 Å². The van der Waals surface area contributed by atoms with Gasteiger partial charge in [0.25, 0.3) is 0 Å².